The van der Waals surface area contributed by atoms with Crippen LogP contribution in [0.2, 0.25) is 0 Å². The third-order valence-electron chi connectivity index (χ3n) is 5.92. The minimum absolute atomic E-state index is 0. The number of hydrogen-bond donors (Lipinski definition) is 0. The number of nitriles is 2. The molecule has 0 aliphatic carbocycles. The van der Waals surface area contributed by atoms with Crippen molar-refractivity contribution in [1.82, 2.24) is 50.3 Å². The number of nitrogens with zero attached hydrogens (tertiary/aromatic N) is 12. The molecule has 0 atom stereocenters. The van der Waals surface area contributed by atoms with Crippen molar-refractivity contribution in [3.05, 3.63) is 171 Å². The molecule has 0 amide bonds. The van der Waals surface area contributed by atoms with Crippen molar-refractivity contribution in [3.8, 4) is 57.5 Å². The van der Waals surface area contributed by atoms with Gasteiger partial charge in [-0.3, -0.25) is 40.4 Å². The molecule has 0 unspecified atom stereocenters. The first-order chi connectivity index (χ1) is 25.7. The minimum atomic E-state index is 0. The van der Waals surface area contributed by atoms with Crippen LogP contribution in [0.25, 0.3) is 45.6 Å². The Hall–Kier alpha value is -6.53. The van der Waals surface area contributed by atoms with Crippen LogP contribution < -0.4 is 10.2 Å². The summed E-state index contributed by atoms with van der Waals surface area (Å²) in [5, 5.41) is 31.3. The summed E-state index contributed by atoms with van der Waals surface area (Å²) >= 11 is 0. The first-order valence-electron chi connectivity index (χ1n) is 14.7. The van der Waals surface area contributed by atoms with Gasteiger partial charge in [-0.15, -0.1) is 0 Å². The molecule has 0 aliphatic heterocycles. The molecule has 0 aromatic carbocycles. The molecule has 0 spiro atoms. The average Bonchev–Trinajstić information content (AvgIpc) is 3.94. The number of hydrogen-bond acceptors (Lipinski definition) is 10. The molecule has 8 aromatic rings. The predicted molar refractivity (Wildman–Crippen MR) is 208 cm³/mol. The zero-order valence-electron chi connectivity index (χ0n) is 27.2. The Kier molecular flexibility index (Phi) is 24.5. The minimum Gasteiger partial charge on any atom is -0.573 e. The van der Waals surface area contributed by atoms with E-state index in [-0.39, 0.29) is 49.8 Å². The van der Waals surface area contributed by atoms with E-state index in [4.69, 9.17) is 10.5 Å². The second-order valence-electron chi connectivity index (χ2n) is 9.14. The van der Waals surface area contributed by atoms with E-state index in [0.717, 1.165) is 45.6 Å². The van der Waals surface area contributed by atoms with Crippen molar-refractivity contribution in [2.45, 2.75) is 0 Å². The van der Waals surface area contributed by atoms with Crippen molar-refractivity contribution < 1.29 is 34.1 Å². The van der Waals surface area contributed by atoms with Crippen molar-refractivity contribution in [2.75, 3.05) is 0 Å². The van der Waals surface area contributed by atoms with E-state index in [0.29, 0.717) is 0 Å². The first kappa shape index (κ1) is 45.5. The van der Waals surface area contributed by atoms with Gasteiger partial charge in [0.25, 0.3) is 0 Å². The fourth-order valence-electron chi connectivity index (χ4n) is 3.77. The SMILES string of the molecule is [BH3-]C#N.[BH3-]C#N.[Fe+2].[Fe+2].c1ccc(-c2cc(-c3ccccn3)[n-]n2)nc1.c1ccc(-c2cc(-c3ccccn3)[n-]n2)nc1.c1ccncc1.c1ccncc1. The standard InChI is InChI=1S/2C13H9N4.2C5H5N.2CH3BN.2Fe/c2*1-3-7-14-10(5-1)12-9-13(17-16-12)11-6-2-4-8-15-11;2*1-2-4-6-5-3-1;2*2-1-3;;/h2*1-9H;2*1-5H;2*2H3;;/q2*-1;;;2*-1;2*+2. The summed E-state index contributed by atoms with van der Waals surface area (Å²) in [5.74, 6) is 4.00. The molecule has 0 radical (unpaired) electrons. The van der Waals surface area contributed by atoms with E-state index >= 15 is 0 Å². The van der Waals surface area contributed by atoms with E-state index in [1.54, 1.807) is 49.6 Å². The summed E-state index contributed by atoms with van der Waals surface area (Å²) in [4.78, 5) is 24.5. The van der Waals surface area contributed by atoms with Crippen molar-refractivity contribution in [2.24, 2.45) is 0 Å². The molecule has 0 aliphatic rings. The second kappa shape index (κ2) is 29.1. The van der Waals surface area contributed by atoms with Crippen LogP contribution in [0, 0.1) is 22.5 Å². The van der Waals surface area contributed by atoms with Crippen molar-refractivity contribution >= 4 is 15.7 Å². The first-order valence-corrected chi connectivity index (χ1v) is 14.7. The zero-order valence-corrected chi connectivity index (χ0v) is 29.4. The topological polar surface area (TPSA) is 179 Å². The van der Waals surface area contributed by atoms with Crippen molar-refractivity contribution in [3.63, 3.8) is 0 Å². The molecule has 268 valence electrons. The molecule has 8 rings (SSSR count). The summed E-state index contributed by atoms with van der Waals surface area (Å²) in [6, 6.07) is 38.1. The van der Waals surface area contributed by atoms with Crippen LogP contribution in [0.5, 0.6) is 0 Å². The second-order valence-corrected chi connectivity index (χ2v) is 9.14. The van der Waals surface area contributed by atoms with Gasteiger partial charge in [0.15, 0.2) is 0 Å². The summed E-state index contributed by atoms with van der Waals surface area (Å²) in [7, 11) is 0.139. The fourth-order valence-corrected chi connectivity index (χ4v) is 3.77. The average molecular weight is 792 g/mol. The van der Waals surface area contributed by atoms with Gasteiger partial charge in [0.1, 0.15) is 0 Å². The molecule has 12 nitrogen and oxygen atoms in total. The maximum absolute atomic E-state index is 7.43. The summed E-state index contributed by atoms with van der Waals surface area (Å²) < 4.78 is 0. The van der Waals surface area contributed by atoms with Crippen LogP contribution in [0.1, 0.15) is 0 Å². The molecular formula is C38H34B2Fe2N12. The van der Waals surface area contributed by atoms with Crippen LogP contribution in [-0.4, -0.2) is 55.8 Å². The van der Waals surface area contributed by atoms with Gasteiger partial charge < -0.3 is 20.4 Å². The Labute approximate surface area is 337 Å². The van der Waals surface area contributed by atoms with E-state index in [1.807, 2.05) is 133 Å². The quantitative estimate of drug-likeness (QED) is 0.233. The molecule has 0 N–H and O–H groups in total. The Morgan fingerprint density at radius 3 is 0.889 bits per heavy atom. The molecule has 0 saturated carbocycles. The summed E-state index contributed by atoms with van der Waals surface area (Å²) in [6.07, 6.45) is 14.0. The molecule has 0 saturated heterocycles. The Morgan fingerprint density at radius 1 is 0.389 bits per heavy atom. The largest absolute Gasteiger partial charge is 2.00 e. The molecule has 16 heteroatoms. The maximum atomic E-state index is 7.43. The summed E-state index contributed by atoms with van der Waals surface area (Å²) in [5.41, 5.74) is 6.36. The molecule has 0 fully saturated rings. The van der Waals surface area contributed by atoms with Gasteiger partial charge in [-0.1, -0.05) is 47.8 Å². The monoisotopic (exact) mass is 792 g/mol. The molecule has 8 heterocycles. The van der Waals surface area contributed by atoms with Crippen LogP contribution in [0.15, 0.2) is 171 Å². The maximum Gasteiger partial charge on any atom is 2.00 e. The zero-order chi connectivity index (χ0) is 36.9. The van der Waals surface area contributed by atoms with Gasteiger partial charge in [-0.25, -0.2) is 0 Å². The van der Waals surface area contributed by atoms with Gasteiger partial charge in [-0.05, 0) is 84.9 Å². The fraction of sp³-hybridized carbons (Fsp3) is 0. The van der Waals surface area contributed by atoms with Crippen LogP contribution in [-0.2, 0) is 34.1 Å². The van der Waals surface area contributed by atoms with Gasteiger partial charge >= 0.3 is 34.1 Å². The van der Waals surface area contributed by atoms with Gasteiger partial charge in [-0.2, -0.15) is 11.9 Å². The van der Waals surface area contributed by atoms with E-state index in [1.165, 1.54) is 0 Å². The molecular weight excluding hydrogens is 758 g/mol. The Bertz CT molecular complexity index is 1820. The predicted octanol–water partition coefficient (Wildman–Crippen LogP) is 4.15. The Morgan fingerprint density at radius 2 is 0.667 bits per heavy atom. The molecule has 54 heavy (non-hydrogen) atoms. The molecule has 8 aromatic heterocycles. The third-order valence-corrected chi connectivity index (χ3v) is 5.92. The number of aromatic nitrogens is 10. The van der Waals surface area contributed by atoms with Gasteiger partial charge in [0.2, 0.25) is 0 Å². The smallest absolute Gasteiger partial charge is 0.573 e. The molecule has 0 bridgehead atoms. The van der Waals surface area contributed by atoms with Crippen LogP contribution >= 0.6 is 0 Å². The van der Waals surface area contributed by atoms with Gasteiger partial charge in [0, 0.05) is 61.0 Å². The van der Waals surface area contributed by atoms with E-state index in [2.05, 4.69) is 50.3 Å². The van der Waals surface area contributed by atoms with E-state index < -0.39 is 0 Å². The van der Waals surface area contributed by atoms with Crippen molar-refractivity contribution in [1.29, 1.82) is 10.5 Å². The third kappa shape index (κ3) is 17.6. The van der Waals surface area contributed by atoms with E-state index in [9.17, 15) is 0 Å². The summed E-state index contributed by atoms with van der Waals surface area (Å²) in [6.45, 7) is 0. The normalized spacial score (nSPS) is 8.59. The van der Waals surface area contributed by atoms with Gasteiger partial charge in [0.05, 0.1) is 38.5 Å². The van der Waals surface area contributed by atoms with Crippen LogP contribution in [0.4, 0.5) is 0 Å². The number of rotatable bonds is 4. The Balaban J connectivity index is 0.000000366. The van der Waals surface area contributed by atoms with Crippen LogP contribution in [0.3, 0.4) is 0 Å². The number of pyridine rings is 6.